The van der Waals surface area contributed by atoms with Gasteiger partial charge in [0.15, 0.2) is 0 Å². The molecule has 24 heavy (non-hydrogen) atoms. The molecule has 0 spiro atoms. The molecule has 0 radical (unpaired) electrons. The van der Waals surface area contributed by atoms with Crippen molar-refractivity contribution in [2.24, 2.45) is 0 Å². The first-order valence-corrected chi connectivity index (χ1v) is 5.92. The second-order valence-corrected chi connectivity index (χ2v) is 3.14. The number of hydrogen-bond donors (Lipinski definition) is 1. The SMILES string of the molecule is CC(O)C(=O)[O-].O=C[O-].O=[N+]([O-])[O-].O=[N+]([O-])[O-].[Cl-].[Cl][Cu][Cl].[Eu+3].[Na+].[Ni+2]. The van der Waals surface area contributed by atoms with Gasteiger partial charge >= 0.3 is 129 Å². The van der Waals surface area contributed by atoms with Gasteiger partial charge in [-0.1, -0.05) is 0 Å². The summed E-state index contributed by atoms with van der Waals surface area (Å²) in [5.41, 5.74) is 0. The third-order valence-electron chi connectivity index (χ3n) is 0.341. The summed E-state index contributed by atoms with van der Waals surface area (Å²) in [6.45, 7) is 0.634. The molecule has 20 heteroatoms. The standard InChI is InChI=1S/C3H6O3.CH2O2.3ClH.Cu.Eu.2NO3.Na.Ni/c1-2(4)3(5)6;2-1-3;;;;;;2*2-1(3)4;;/h2,4H,1H3,(H,5,6);1H,(H,2,3);3*1H;;;;;;/q;;;;;+2;+3;2*-1;+1;+2/p-5. The second-order valence-electron chi connectivity index (χ2n) is 1.58. The Labute approximate surface area is 228 Å². The Morgan fingerprint density at radius 3 is 1.21 bits per heavy atom. The number of halogens is 3. The molecule has 0 bridgehead atoms. The molecule has 0 rings (SSSR count). The van der Waals surface area contributed by atoms with Crippen LogP contribution in [-0.2, 0) is 39.2 Å². The van der Waals surface area contributed by atoms with E-state index in [2.05, 4.69) is 20.2 Å². The van der Waals surface area contributed by atoms with Crippen LogP contribution in [0.3, 0.4) is 0 Å². The molecule has 1 N–H and O–H groups in total. The van der Waals surface area contributed by atoms with Gasteiger partial charge in [-0.3, -0.25) is 0 Å². The summed E-state index contributed by atoms with van der Waals surface area (Å²) in [6.07, 6.45) is -1.34. The Hall–Kier alpha value is 1.77. The van der Waals surface area contributed by atoms with Crippen molar-refractivity contribution in [1.29, 1.82) is 0 Å². The molecule has 147 valence electrons. The third-order valence-corrected chi connectivity index (χ3v) is 0.341. The zero-order valence-corrected chi connectivity index (χ0v) is 19.8. The van der Waals surface area contributed by atoms with E-state index in [1.54, 1.807) is 0 Å². The number of carboxylic acid groups (broad SMARTS) is 2. The van der Waals surface area contributed by atoms with Crippen LogP contribution in [0.2, 0.25) is 0 Å². The molecule has 0 fully saturated rings. The van der Waals surface area contributed by atoms with E-state index < -0.39 is 28.7 Å². The Kier molecular flexibility index (Phi) is 132. The van der Waals surface area contributed by atoms with E-state index in [-0.39, 0.29) is 108 Å². The maximum atomic E-state index is 9.34. The van der Waals surface area contributed by atoms with Gasteiger partial charge in [-0.15, -0.1) is 0 Å². The van der Waals surface area contributed by atoms with Crippen LogP contribution in [0.5, 0.6) is 0 Å². The van der Waals surface area contributed by atoms with Crippen LogP contribution in [0.1, 0.15) is 6.92 Å². The molecule has 0 aliphatic rings. The largest absolute Gasteiger partial charge is 3.00 e. The minimum atomic E-state index is -1.75. The first kappa shape index (κ1) is 56.2. The zero-order chi connectivity index (χ0) is 17.7. The predicted octanol–water partition coefficient (Wildman–Crippen LogP) is -8.61. The fourth-order valence-corrected chi connectivity index (χ4v) is 0. The monoisotopic (exact) mass is 660 g/mol. The molecule has 0 aromatic carbocycles. The topological polar surface area (TPSA) is 233 Å². The summed E-state index contributed by atoms with van der Waals surface area (Å²) in [5, 5.41) is 55.1. The van der Waals surface area contributed by atoms with E-state index in [0.29, 0.717) is 0 Å². The zero-order valence-electron chi connectivity index (χ0n) is 11.2. The van der Waals surface area contributed by atoms with E-state index in [0.717, 1.165) is 20.1 Å². The Balaban J connectivity index is -0.0000000165. The second kappa shape index (κ2) is 56.3. The summed E-state index contributed by atoms with van der Waals surface area (Å²) in [4.78, 5) is 34.1. The normalized spacial score (nSPS) is 6.83. The molecule has 0 saturated carbocycles. The third kappa shape index (κ3) is 370. The fraction of sp³-hybridized carbons (Fsp3) is 0.500. The van der Waals surface area contributed by atoms with Gasteiger partial charge in [-0.25, -0.2) is 0 Å². The van der Waals surface area contributed by atoms with Gasteiger partial charge in [-0.05, 0) is 6.92 Å². The molecule has 0 aliphatic heterocycles. The number of rotatable bonds is 1. The number of aliphatic hydroxyl groups excluding tert-OH is 1. The van der Waals surface area contributed by atoms with Gasteiger partial charge in [-0.2, -0.15) is 0 Å². The first-order valence-electron chi connectivity index (χ1n) is 3.33. The van der Waals surface area contributed by atoms with E-state index in [9.17, 15) is 9.90 Å². The Morgan fingerprint density at radius 2 is 1.21 bits per heavy atom. The molecule has 0 aromatic heterocycles. The number of carboxylic acids is 1. The molecule has 1 atom stereocenters. The van der Waals surface area contributed by atoms with Gasteiger partial charge in [0.05, 0.1) is 22.2 Å². The van der Waals surface area contributed by atoms with Crippen molar-refractivity contribution in [3.63, 3.8) is 0 Å². The minimum absolute atomic E-state index is 0. The smallest absolute Gasteiger partial charge is 1.00 e. The van der Waals surface area contributed by atoms with Crippen molar-refractivity contribution in [3.8, 4) is 0 Å². The number of aliphatic hydroxyl groups is 1. The van der Waals surface area contributed by atoms with Gasteiger partial charge in [0.2, 0.25) is 0 Å². The summed E-state index contributed by atoms with van der Waals surface area (Å²) in [5.74, 6) is -1.44. The van der Waals surface area contributed by atoms with Crippen LogP contribution >= 0.6 is 20.2 Å². The Morgan fingerprint density at radius 1 is 1.17 bits per heavy atom. The van der Waals surface area contributed by atoms with Crippen molar-refractivity contribution >= 4 is 32.6 Å². The van der Waals surface area contributed by atoms with Crippen molar-refractivity contribution < 1.29 is 156 Å². The van der Waals surface area contributed by atoms with Crippen LogP contribution < -0.4 is 52.2 Å². The first-order chi connectivity index (χ1) is 8.94. The molecule has 0 heterocycles. The van der Waals surface area contributed by atoms with Crippen LogP contribution in [0.25, 0.3) is 0 Å². The minimum Gasteiger partial charge on any atom is 1.00 e. The number of hydrogen-bond acceptors (Lipinski definition) is 11. The average molecular weight is 662 g/mol. The summed E-state index contributed by atoms with van der Waals surface area (Å²) < 4.78 is 0. The van der Waals surface area contributed by atoms with Crippen LogP contribution in [-0.4, -0.2) is 33.8 Å². The molecular weight excluding hydrogens is 656 g/mol. The number of carbonyl (C=O) groups is 2. The van der Waals surface area contributed by atoms with Crippen molar-refractivity contribution in [3.05, 3.63) is 30.6 Å². The van der Waals surface area contributed by atoms with Crippen molar-refractivity contribution in [1.82, 2.24) is 0 Å². The number of nitrogens with zero attached hydrogens (tertiary/aromatic N) is 2. The molecule has 13 nitrogen and oxygen atoms in total. The maximum absolute atomic E-state index is 9.34. The van der Waals surface area contributed by atoms with Gasteiger partial charge in [0.25, 0.3) is 0 Å². The quantitative estimate of drug-likeness (QED) is 0.120. The average Bonchev–Trinajstić information content (AvgIpc) is 2.17. The van der Waals surface area contributed by atoms with Gasteiger partial charge in [0, 0.05) is 6.47 Å². The van der Waals surface area contributed by atoms with E-state index in [1.165, 1.54) is 0 Å². The molecule has 1 unspecified atom stereocenters. The van der Waals surface area contributed by atoms with Crippen LogP contribution in [0.4, 0.5) is 0 Å². The van der Waals surface area contributed by atoms with E-state index in [4.69, 9.17) is 45.7 Å². The molecule has 0 amide bonds. The van der Waals surface area contributed by atoms with Crippen molar-refractivity contribution in [2.45, 2.75) is 13.0 Å². The van der Waals surface area contributed by atoms with Crippen LogP contribution in [0, 0.1) is 80.0 Å². The van der Waals surface area contributed by atoms with Crippen LogP contribution in [0.15, 0.2) is 0 Å². The molecule has 0 saturated heterocycles. The van der Waals surface area contributed by atoms with Crippen molar-refractivity contribution in [2.75, 3.05) is 0 Å². The summed E-state index contributed by atoms with van der Waals surface area (Å²) in [7, 11) is 9.34. The fourth-order valence-electron chi connectivity index (χ4n) is 0. The number of carbonyl (C=O) groups excluding carboxylic acids is 2. The van der Waals surface area contributed by atoms with Gasteiger partial charge < -0.3 is 68.0 Å². The van der Waals surface area contributed by atoms with E-state index >= 15 is 0 Å². The molecule has 0 aromatic rings. The van der Waals surface area contributed by atoms with Gasteiger partial charge in [0.1, 0.15) is 0 Å². The number of aliphatic carboxylic acids is 1. The molecular formula is C4H6Cl3CuEuN2NaNiO11+. The summed E-state index contributed by atoms with van der Waals surface area (Å²) in [6, 6.07) is 0. The summed E-state index contributed by atoms with van der Waals surface area (Å²) >= 11 is 0.757. The predicted molar refractivity (Wildman–Crippen MR) is 55.2 cm³/mol. The maximum Gasteiger partial charge on any atom is 3.00 e. The van der Waals surface area contributed by atoms with E-state index in [1.807, 2.05) is 0 Å². The molecule has 0 aliphatic carbocycles. The Bertz CT molecular complexity index is 253.